The molecule has 3 heteroatoms. The lowest BCUT2D eigenvalue weighted by Crippen LogP contribution is -2.36. The van der Waals surface area contributed by atoms with Crippen molar-refractivity contribution in [1.29, 1.82) is 0 Å². The molecule has 0 aromatic carbocycles. The number of aromatic nitrogens is 1. The Morgan fingerprint density at radius 1 is 1.44 bits per heavy atom. The van der Waals surface area contributed by atoms with Crippen molar-refractivity contribution < 1.29 is 4.79 Å². The zero-order chi connectivity index (χ0) is 11.5. The van der Waals surface area contributed by atoms with Gasteiger partial charge in [-0.2, -0.15) is 0 Å². The van der Waals surface area contributed by atoms with Crippen LogP contribution in [0.1, 0.15) is 43.5 Å². The van der Waals surface area contributed by atoms with E-state index >= 15 is 0 Å². The number of carbonyl (C=O) groups is 1. The van der Waals surface area contributed by atoms with Gasteiger partial charge in [-0.1, -0.05) is 6.07 Å². The molecule has 1 aliphatic heterocycles. The monoisotopic (exact) mass is 218 g/mol. The molecule has 3 nitrogen and oxygen atoms in total. The van der Waals surface area contributed by atoms with Gasteiger partial charge in [0.2, 0.25) is 5.91 Å². The van der Waals surface area contributed by atoms with Crippen LogP contribution < -0.4 is 0 Å². The molecular formula is C13H18N2O. The fraction of sp³-hybridized carbons (Fsp3) is 0.538. The lowest BCUT2D eigenvalue weighted by molar-refractivity contribution is -0.132. The first-order chi connectivity index (χ1) is 7.68. The first-order valence-corrected chi connectivity index (χ1v) is 5.88. The molecule has 1 aromatic heterocycles. The van der Waals surface area contributed by atoms with E-state index in [0.717, 1.165) is 25.1 Å². The highest BCUT2D eigenvalue weighted by Gasteiger charge is 2.25. The van der Waals surface area contributed by atoms with Crippen molar-refractivity contribution in [2.24, 2.45) is 0 Å². The predicted molar refractivity (Wildman–Crippen MR) is 63.0 cm³/mol. The summed E-state index contributed by atoms with van der Waals surface area (Å²) < 4.78 is 0. The molecule has 1 fully saturated rings. The Hall–Kier alpha value is -1.38. The largest absolute Gasteiger partial charge is 0.336 e. The van der Waals surface area contributed by atoms with E-state index in [1.165, 1.54) is 12.0 Å². The molecule has 0 aliphatic carbocycles. The Morgan fingerprint density at radius 2 is 2.25 bits per heavy atom. The minimum atomic E-state index is 0.172. The number of aryl methyl sites for hydroxylation is 1. The van der Waals surface area contributed by atoms with E-state index < -0.39 is 0 Å². The highest BCUT2D eigenvalue weighted by molar-refractivity contribution is 5.73. The fourth-order valence-corrected chi connectivity index (χ4v) is 2.33. The molecule has 1 unspecified atom stereocenters. The van der Waals surface area contributed by atoms with Crippen LogP contribution >= 0.6 is 0 Å². The zero-order valence-corrected chi connectivity index (χ0v) is 9.94. The quantitative estimate of drug-likeness (QED) is 0.725. The minimum absolute atomic E-state index is 0.172. The van der Waals surface area contributed by atoms with Crippen molar-refractivity contribution in [2.75, 3.05) is 6.54 Å². The average molecular weight is 218 g/mol. The first-order valence-electron chi connectivity index (χ1n) is 5.88. The Morgan fingerprint density at radius 3 is 2.88 bits per heavy atom. The van der Waals surface area contributed by atoms with Crippen LogP contribution in [-0.2, 0) is 4.79 Å². The highest BCUT2D eigenvalue weighted by atomic mass is 16.2. The molecule has 1 saturated heterocycles. The van der Waals surface area contributed by atoms with Crippen molar-refractivity contribution >= 4 is 5.91 Å². The molecule has 0 saturated carbocycles. The Balaban J connectivity index is 2.23. The molecular weight excluding hydrogens is 200 g/mol. The number of amides is 1. The van der Waals surface area contributed by atoms with Crippen LogP contribution in [0.25, 0.3) is 0 Å². The topological polar surface area (TPSA) is 33.2 Å². The third-order valence-corrected chi connectivity index (χ3v) is 3.23. The summed E-state index contributed by atoms with van der Waals surface area (Å²) in [4.78, 5) is 17.8. The van der Waals surface area contributed by atoms with Gasteiger partial charge in [0.15, 0.2) is 0 Å². The van der Waals surface area contributed by atoms with Gasteiger partial charge in [-0.3, -0.25) is 9.78 Å². The molecule has 1 aliphatic rings. The number of carbonyl (C=O) groups excluding carboxylic acids is 1. The van der Waals surface area contributed by atoms with Gasteiger partial charge in [0.25, 0.3) is 0 Å². The van der Waals surface area contributed by atoms with Gasteiger partial charge in [0.05, 0.1) is 6.04 Å². The van der Waals surface area contributed by atoms with E-state index in [1.807, 2.05) is 24.1 Å². The maximum atomic E-state index is 11.6. The maximum Gasteiger partial charge on any atom is 0.219 e. The average Bonchev–Trinajstić information content (AvgIpc) is 2.30. The Labute approximate surface area is 96.5 Å². The summed E-state index contributed by atoms with van der Waals surface area (Å²) in [6.45, 7) is 4.52. The van der Waals surface area contributed by atoms with Gasteiger partial charge in [-0.05, 0) is 37.8 Å². The summed E-state index contributed by atoms with van der Waals surface area (Å²) in [6, 6.07) is 4.34. The second-order valence-corrected chi connectivity index (χ2v) is 4.46. The van der Waals surface area contributed by atoms with Gasteiger partial charge in [0, 0.05) is 25.4 Å². The number of nitrogens with zero attached hydrogens (tertiary/aromatic N) is 2. The molecule has 2 heterocycles. The second-order valence-electron chi connectivity index (χ2n) is 4.46. The lowest BCUT2D eigenvalue weighted by Gasteiger charge is -2.35. The van der Waals surface area contributed by atoms with E-state index in [1.54, 1.807) is 6.92 Å². The number of rotatable bonds is 1. The van der Waals surface area contributed by atoms with Crippen LogP contribution in [0, 0.1) is 6.92 Å². The van der Waals surface area contributed by atoms with E-state index in [2.05, 4.69) is 11.1 Å². The summed E-state index contributed by atoms with van der Waals surface area (Å²) in [5.74, 6) is 0.172. The predicted octanol–water partition coefficient (Wildman–Crippen LogP) is 2.46. The number of piperidine rings is 1. The van der Waals surface area contributed by atoms with Crippen LogP contribution in [0.3, 0.4) is 0 Å². The van der Waals surface area contributed by atoms with Crippen LogP contribution in [0.5, 0.6) is 0 Å². The lowest BCUT2D eigenvalue weighted by atomic mass is 9.96. The molecule has 0 spiro atoms. The van der Waals surface area contributed by atoms with Gasteiger partial charge >= 0.3 is 0 Å². The van der Waals surface area contributed by atoms with E-state index in [4.69, 9.17) is 0 Å². The molecule has 1 aromatic rings. The fourth-order valence-electron chi connectivity index (χ4n) is 2.33. The number of likely N-dealkylation sites (tertiary alicyclic amines) is 1. The van der Waals surface area contributed by atoms with Crippen LogP contribution in [0.2, 0.25) is 0 Å². The van der Waals surface area contributed by atoms with Crippen molar-refractivity contribution in [3.63, 3.8) is 0 Å². The Kier molecular flexibility index (Phi) is 3.22. The highest BCUT2D eigenvalue weighted by Crippen LogP contribution is 2.30. The molecule has 86 valence electrons. The SMILES string of the molecule is CC(=O)N1CCCCC1c1ccc(C)nc1. The second kappa shape index (κ2) is 4.64. The smallest absolute Gasteiger partial charge is 0.219 e. The normalized spacial score (nSPS) is 20.9. The molecule has 2 rings (SSSR count). The maximum absolute atomic E-state index is 11.6. The van der Waals surface area contributed by atoms with Crippen molar-refractivity contribution in [2.45, 2.75) is 39.2 Å². The third kappa shape index (κ3) is 2.23. The number of hydrogen-bond acceptors (Lipinski definition) is 2. The summed E-state index contributed by atoms with van der Waals surface area (Å²) >= 11 is 0. The standard InChI is InChI=1S/C13H18N2O/c1-10-6-7-12(9-14-10)13-5-3-4-8-15(13)11(2)16/h6-7,9,13H,3-5,8H2,1-2H3. The van der Waals surface area contributed by atoms with Crippen LogP contribution in [-0.4, -0.2) is 22.3 Å². The van der Waals surface area contributed by atoms with E-state index in [-0.39, 0.29) is 11.9 Å². The minimum Gasteiger partial charge on any atom is -0.336 e. The van der Waals surface area contributed by atoms with Crippen molar-refractivity contribution in [3.8, 4) is 0 Å². The van der Waals surface area contributed by atoms with E-state index in [0.29, 0.717) is 0 Å². The van der Waals surface area contributed by atoms with Gasteiger partial charge in [0.1, 0.15) is 0 Å². The van der Waals surface area contributed by atoms with Gasteiger partial charge in [-0.15, -0.1) is 0 Å². The molecule has 0 radical (unpaired) electrons. The summed E-state index contributed by atoms with van der Waals surface area (Å²) in [7, 11) is 0. The molecule has 16 heavy (non-hydrogen) atoms. The molecule has 0 N–H and O–H groups in total. The van der Waals surface area contributed by atoms with E-state index in [9.17, 15) is 4.79 Å². The first kappa shape index (κ1) is 11.1. The molecule has 0 bridgehead atoms. The summed E-state index contributed by atoms with van der Waals surface area (Å²) in [5, 5.41) is 0. The van der Waals surface area contributed by atoms with Gasteiger partial charge < -0.3 is 4.90 Å². The summed E-state index contributed by atoms with van der Waals surface area (Å²) in [5.41, 5.74) is 2.19. The number of pyridine rings is 1. The Bertz CT molecular complexity index is 372. The van der Waals surface area contributed by atoms with Gasteiger partial charge in [-0.25, -0.2) is 0 Å². The summed E-state index contributed by atoms with van der Waals surface area (Å²) in [6.07, 6.45) is 5.28. The van der Waals surface area contributed by atoms with Crippen molar-refractivity contribution in [1.82, 2.24) is 9.88 Å². The molecule has 1 atom stereocenters. The van der Waals surface area contributed by atoms with Crippen LogP contribution in [0.15, 0.2) is 18.3 Å². The van der Waals surface area contributed by atoms with Crippen LogP contribution in [0.4, 0.5) is 0 Å². The third-order valence-electron chi connectivity index (χ3n) is 3.23. The number of hydrogen-bond donors (Lipinski definition) is 0. The zero-order valence-electron chi connectivity index (χ0n) is 9.94. The molecule has 1 amide bonds. The van der Waals surface area contributed by atoms with Crippen molar-refractivity contribution in [3.05, 3.63) is 29.6 Å².